The van der Waals surface area contributed by atoms with E-state index in [1.54, 1.807) is 6.07 Å². The second-order valence-electron chi connectivity index (χ2n) is 6.37. The van der Waals surface area contributed by atoms with E-state index in [1.165, 1.54) is 44.2 Å². The number of hydrogen-bond donors (Lipinski definition) is 1. The molecule has 25 heavy (non-hydrogen) atoms. The van der Waals surface area contributed by atoms with Crippen LogP contribution in [0.1, 0.15) is 43.2 Å². The molecule has 0 bridgehead atoms. The van der Waals surface area contributed by atoms with E-state index in [-0.39, 0.29) is 0 Å². The van der Waals surface area contributed by atoms with Crippen LogP contribution in [0.25, 0.3) is 0 Å². The molecule has 1 aliphatic rings. The van der Waals surface area contributed by atoms with Gasteiger partial charge in [-0.15, -0.1) is 0 Å². The SMILES string of the molecule is Cn1ccn(Cc2cccc(C(F)(F)F)c2)[c]1=[Pt].NC1CCCCC1. The molecular formula is C18H24F3N3Pt. The Morgan fingerprint density at radius 1 is 1.16 bits per heavy atom. The summed E-state index contributed by atoms with van der Waals surface area (Å²) in [6.07, 6.45) is 6.10. The molecule has 0 saturated heterocycles. The third-order valence-corrected chi connectivity index (χ3v) is 5.67. The van der Waals surface area contributed by atoms with Crippen molar-refractivity contribution >= 4 is 0 Å². The molecule has 1 fully saturated rings. The minimum atomic E-state index is -4.29. The predicted molar refractivity (Wildman–Crippen MR) is 88.3 cm³/mol. The first-order valence-corrected chi connectivity index (χ1v) is 9.50. The fourth-order valence-corrected chi connectivity index (χ4v) is 3.31. The smallest absolute Gasteiger partial charge is 0.00388 e. The van der Waals surface area contributed by atoms with Crippen molar-refractivity contribution in [3.63, 3.8) is 0 Å². The van der Waals surface area contributed by atoms with Crippen LogP contribution in [-0.2, 0) is 39.1 Å². The van der Waals surface area contributed by atoms with Crippen molar-refractivity contribution in [2.45, 2.75) is 50.9 Å². The van der Waals surface area contributed by atoms with Crippen molar-refractivity contribution in [1.82, 2.24) is 9.13 Å². The van der Waals surface area contributed by atoms with Gasteiger partial charge in [0.25, 0.3) is 0 Å². The number of hydrogen-bond acceptors (Lipinski definition) is 1. The molecule has 3 nitrogen and oxygen atoms in total. The molecule has 2 aromatic rings. The summed E-state index contributed by atoms with van der Waals surface area (Å²) in [5.41, 5.74) is 5.67. The maximum absolute atomic E-state index is 12.6. The molecule has 142 valence electrons. The number of nitrogens with zero attached hydrogens (tertiary/aromatic N) is 2. The minimum absolute atomic E-state index is 0.434. The first-order chi connectivity index (χ1) is 11.8. The van der Waals surface area contributed by atoms with Gasteiger partial charge in [-0.3, -0.25) is 0 Å². The average Bonchev–Trinajstić information content (AvgIpc) is 2.88. The Hall–Kier alpha value is -1.13. The van der Waals surface area contributed by atoms with E-state index >= 15 is 0 Å². The van der Waals surface area contributed by atoms with Gasteiger partial charge in [-0.25, -0.2) is 0 Å². The van der Waals surface area contributed by atoms with E-state index in [9.17, 15) is 13.2 Å². The second kappa shape index (κ2) is 9.00. The number of nitrogens with two attached hydrogens (primary N) is 1. The zero-order valence-corrected chi connectivity index (χ0v) is 16.5. The number of alkyl halides is 3. The predicted octanol–water partition coefficient (Wildman–Crippen LogP) is 4.25. The number of rotatable bonds is 2. The van der Waals surface area contributed by atoms with E-state index in [2.05, 4.69) is 19.4 Å². The number of aryl methyl sites for hydroxylation is 1. The summed E-state index contributed by atoms with van der Waals surface area (Å²) < 4.78 is 42.5. The summed E-state index contributed by atoms with van der Waals surface area (Å²) in [4.78, 5) is 0. The van der Waals surface area contributed by atoms with E-state index in [0.29, 0.717) is 18.2 Å². The molecule has 0 atom stereocenters. The van der Waals surface area contributed by atoms with Crippen LogP contribution in [0.5, 0.6) is 0 Å². The van der Waals surface area contributed by atoms with Crippen molar-refractivity contribution in [1.29, 1.82) is 0 Å². The number of imidazole rings is 1. The van der Waals surface area contributed by atoms with Crippen LogP contribution in [0.15, 0.2) is 36.7 Å². The van der Waals surface area contributed by atoms with Crippen molar-refractivity contribution < 1.29 is 32.5 Å². The molecule has 0 amide bonds. The van der Waals surface area contributed by atoms with E-state index in [0.717, 1.165) is 9.87 Å². The summed E-state index contributed by atoms with van der Waals surface area (Å²) in [5, 5.41) is 0. The molecule has 1 heterocycles. The first kappa shape index (κ1) is 20.2. The van der Waals surface area contributed by atoms with Gasteiger partial charge in [0.05, 0.1) is 0 Å². The zero-order chi connectivity index (χ0) is 18.4. The number of aromatic nitrogens is 2. The molecule has 1 aromatic carbocycles. The van der Waals surface area contributed by atoms with Gasteiger partial charge in [0.15, 0.2) is 0 Å². The topological polar surface area (TPSA) is 35.9 Å². The molecule has 0 radical (unpaired) electrons. The summed E-state index contributed by atoms with van der Waals surface area (Å²) in [7, 11) is 1.89. The van der Waals surface area contributed by atoms with Gasteiger partial charge in [0.2, 0.25) is 0 Å². The summed E-state index contributed by atoms with van der Waals surface area (Å²) in [6, 6.07) is 5.95. The van der Waals surface area contributed by atoms with Crippen LogP contribution in [0.2, 0.25) is 0 Å². The van der Waals surface area contributed by atoms with E-state index in [1.807, 2.05) is 28.6 Å². The second-order valence-corrected chi connectivity index (χ2v) is 7.39. The molecular weight excluding hydrogens is 510 g/mol. The molecule has 0 aliphatic heterocycles. The number of benzene rings is 1. The Kier molecular flexibility index (Phi) is 7.26. The van der Waals surface area contributed by atoms with Crippen molar-refractivity contribution in [3.8, 4) is 0 Å². The Morgan fingerprint density at radius 2 is 1.84 bits per heavy atom. The Balaban J connectivity index is 0.000000269. The van der Waals surface area contributed by atoms with Crippen LogP contribution in [0.3, 0.4) is 0 Å². The van der Waals surface area contributed by atoms with Gasteiger partial charge in [0.1, 0.15) is 0 Å². The average molecular weight is 534 g/mol. The van der Waals surface area contributed by atoms with Crippen molar-refractivity contribution in [2.24, 2.45) is 12.8 Å². The van der Waals surface area contributed by atoms with Crippen LogP contribution in [0.4, 0.5) is 13.2 Å². The largest absolute Gasteiger partial charge is 0.328 e. The van der Waals surface area contributed by atoms with E-state index < -0.39 is 11.7 Å². The van der Waals surface area contributed by atoms with Gasteiger partial charge in [-0.1, -0.05) is 19.3 Å². The van der Waals surface area contributed by atoms with Crippen LogP contribution in [0, 0.1) is 3.80 Å². The summed E-state index contributed by atoms with van der Waals surface area (Å²) in [5.74, 6) is 0. The third kappa shape index (κ3) is 6.27. The molecule has 1 aromatic heterocycles. The Labute approximate surface area is 157 Å². The van der Waals surface area contributed by atoms with Crippen molar-refractivity contribution in [2.75, 3.05) is 0 Å². The standard InChI is InChI=1S/C12H11F3N2.C6H13N.Pt/c1-16-5-6-17(9-16)8-10-3-2-4-11(7-10)12(13,14)15;7-6-4-2-1-3-5-6;/h2-7H,8H2,1H3;6H,1-5,7H2;. The molecule has 3 rings (SSSR count). The molecule has 7 heteroatoms. The van der Waals surface area contributed by atoms with Gasteiger partial charge >= 0.3 is 113 Å². The maximum atomic E-state index is 12.6. The van der Waals surface area contributed by atoms with Crippen LogP contribution < -0.4 is 5.73 Å². The molecule has 2 N–H and O–H groups in total. The zero-order valence-electron chi connectivity index (χ0n) is 14.2. The normalized spacial score (nSPS) is 15.6. The Morgan fingerprint density at radius 3 is 2.32 bits per heavy atom. The van der Waals surface area contributed by atoms with Gasteiger partial charge in [0, 0.05) is 6.04 Å². The van der Waals surface area contributed by atoms with Crippen LogP contribution >= 0.6 is 0 Å². The van der Waals surface area contributed by atoms with Crippen molar-refractivity contribution in [3.05, 3.63) is 51.6 Å². The maximum Gasteiger partial charge on any atom is 0.00388 e. The van der Waals surface area contributed by atoms with E-state index in [4.69, 9.17) is 5.73 Å². The quantitative estimate of drug-likeness (QED) is 0.615. The minimum Gasteiger partial charge on any atom is -0.328 e. The number of halogens is 3. The molecule has 1 aliphatic carbocycles. The summed E-state index contributed by atoms with van der Waals surface area (Å²) in [6.45, 7) is 0.434. The van der Waals surface area contributed by atoms with Gasteiger partial charge < -0.3 is 5.73 Å². The molecule has 0 unspecified atom stereocenters. The summed E-state index contributed by atoms with van der Waals surface area (Å²) >= 11 is 2.14. The fraction of sp³-hybridized carbons (Fsp3) is 0.500. The molecule has 0 spiro atoms. The van der Waals surface area contributed by atoms with Gasteiger partial charge in [-0.05, 0) is 12.8 Å². The van der Waals surface area contributed by atoms with Crippen LogP contribution in [-0.4, -0.2) is 15.2 Å². The fourth-order valence-electron chi connectivity index (χ4n) is 2.79. The Bertz CT molecular complexity index is 728. The third-order valence-electron chi connectivity index (χ3n) is 4.22. The monoisotopic (exact) mass is 534 g/mol. The molecule has 1 saturated carbocycles. The van der Waals surface area contributed by atoms with Gasteiger partial charge in [-0.2, -0.15) is 0 Å². The first-order valence-electron chi connectivity index (χ1n) is 8.36.